The van der Waals surface area contributed by atoms with Crippen LogP contribution < -0.4 is 5.32 Å². The van der Waals surface area contributed by atoms with E-state index in [1.54, 1.807) is 11.3 Å². The molecule has 0 amide bonds. The predicted octanol–water partition coefficient (Wildman–Crippen LogP) is 2.75. The molecule has 0 saturated carbocycles. The summed E-state index contributed by atoms with van der Waals surface area (Å²) in [6, 6.07) is 0.425. The van der Waals surface area contributed by atoms with Gasteiger partial charge in [-0.3, -0.25) is 0 Å². The van der Waals surface area contributed by atoms with Gasteiger partial charge in [0.1, 0.15) is 0 Å². The van der Waals surface area contributed by atoms with Crippen molar-refractivity contribution < 1.29 is 4.74 Å². The van der Waals surface area contributed by atoms with Gasteiger partial charge in [0.2, 0.25) is 0 Å². The number of nitrogens with one attached hydrogen (secondary N) is 1. The highest BCUT2D eigenvalue weighted by molar-refractivity contribution is 7.09. The highest BCUT2D eigenvalue weighted by Gasteiger charge is 2.21. The van der Waals surface area contributed by atoms with Crippen molar-refractivity contribution in [1.82, 2.24) is 10.3 Å². The number of ether oxygens (including phenoxy) is 1. The summed E-state index contributed by atoms with van der Waals surface area (Å²) in [5.74, 6) is 0. The van der Waals surface area contributed by atoms with Crippen molar-refractivity contribution in [3.8, 4) is 0 Å². The molecular weight excluding hydrogens is 232 g/mol. The number of hydrogen-bond donors (Lipinski definition) is 1. The summed E-state index contributed by atoms with van der Waals surface area (Å²) >= 11 is 1.78. The van der Waals surface area contributed by atoms with Crippen molar-refractivity contribution in [1.29, 1.82) is 0 Å². The fourth-order valence-electron chi connectivity index (χ4n) is 2.15. The molecule has 0 aliphatic carbocycles. The van der Waals surface area contributed by atoms with Gasteiger partial charge < -0.3 is 10.1 Å². The van der Waals surface area contributed by atoms with Crippen LogP contribution in [0.2, 0.25) is 0 Å². The second-order valence-electron chi connectivity index (χ2n) is 4.70. The Morgan fingerprint density at radius 2 is 2.53 bits per heavy atom. The Bertz CT molecular complexity index is 334. The van der Waals surface area contributed by atoms with Gasteiger partial charge in [0.15, 0.2) is 0 Å². The van der Waals surface area contributed by atoms with Crippen LogP contribution in [0, 0.1) is 0 Å². The van der Waals surface area contributed by atoms with Gasteiger partial charge in [-0.15, -0.1) is 11.3 Å². The fraction of sp³-hybridized carbons (Fsp3) is 0.769. The minimum atomic E-state index is 0.392. The van der Waals surface area contributed by atoms with Gasteiger partial charge in [0, 0.05) is 24.6 Å². The van der Waals surface area contributed by atoms with Gasteiger partial charge in [0.25, 0.3) is 0 Å². The molecule has 0 spiro atoms. The van der Waals surface area contributed by atoms with Gasteiger partial charge in [-0.05, 0) is 32.6 Å². The van der Waals surface area contributed by atoms with Gasteiger partial charge in [0.05, 0.1) is 16.8 Å². The molecule has 0 radical (unpaired) electrons. The molecule has 2 atom stereocenters. The van der Waals surface area contributed by atoms with Crippen LogP contribution in [0.25, 0.3) is 0 Å². The Hall–Kier alpha value is -0.450. The van der Waals surface area contributed by atoms with Gasteiger partial charge >= 0.3 is 0 Å². The van der Waals surface area contributed by atoms with Crippen LogP contribution in [0.1, 0.15) is 43.8 Å². The van der Waals surface area contributed by atoms with Gasteiger partial charge in [-0.2, -0.15) is 0 Å². The minimum Gasteiger partial charge on any atom is -0.377 e. The molecule has 4 heteroatoms. The van der Waals surface area contributed by atoms with E-state index >= 15 is 0 Å². The lowest BCUT2D eigenvalue weighted by Crippen LogP contribution is -2.36. The first-order chi connectivity index (χ1) is 8.29. The molecule has 2 rings (SSSR count). The first kappa shape index (κ1) is 13.0. The molecule has 0 aromatic carbocycles. The number of thiazole rings is 1. The second kappa shape index (κ2) is 6.47. The summed E-state index contributed by atoms with van der Waals surface area (Å²) in [7, 11) is 0. The molecule has 17 heavy (non-hydrogen) atoms. The van der Waals surface area contributed by atoms with Gasteiger partial charge in [-0.25, -0.2) is 4.98 Å². The molecule has 0 unspecified atom stereocenters. The second-order valence-corrected chi connectivity index (χ2v) is 5.65. The smallest absolute Gasteiger partial charge is 0.0928 e. The van der Waals surface area contributed by atoms with Crippen LogP contribution in [-0.2, 0) is 17.7 Å². The minimum absolute atomic E-state index is 0.392. The van der Waals surface area contributed by atoms with E-state index < -0.39 is 0 Å². The summed E-state index contributed by atoms with van der Waals surface area (Å²) in [6.45, 7) is 6.18. The van der Waals surface area contributed by atoms with Crippen LogP contribution in [0.5, 0.6) is 0 Å². The number of hydrogen-bond acceptors (Lipinski definition) is 4. The van der Waals surface area contributed by atoms with Crippen molar-refractivity contribution in [2.24, 2.45) is 0 Å². The lowest BCUT2D eigenvalue weighted by Gasteiger charge is -2.19. The fourth-order valence-corrected chi connectivity index (χ4v) is 3.05. The van der Waals surface area contributed by atoms with Crippen molar-refractivity contribution in [3.63, 3.8) is 0 Å². The van der Waals surface area contributed by atoms with E-state index in [0.29, 0.717) is 12.1 Å². The molecular formula is C13H22N2OS. The van der Waals surface area contributed by atoms with Crippen LogP contribution in [0.3, 0.4) is 0 Å². The largest absolute Gasteiger partial charge is 0.377 e. The molecule has 1 aliphatic heterocycles. The zero-order chi connectivity index (χ0) is 12.1. The molecule has 96 valence electrons. The van der Waals surface area contributed by atoms with Crippen molar-refractivity contribution in [3.05, 3.63) is 16.1 Å². The van der Waals surface area contributed by atoms with E-state index in [2.05, 4.69) is 29.5 Å². The van der Waals surface area contributed by atoms with Crippen molar-refractivity contribution in [2.45, 2.75) is 58.2 Å². The molecule has 1 aliphatic rings. The Morgan fingerprint density at radius 3 is 3.24 bits per heavy atom. The van der Waals surface area contributed by atoms with E-state index in [4.69, 9.17) is 4.74 Å². The molecule has 1 aromatic heterocycles. The average Bonchev–Trinajstić information content (AvgIpc) is 2.97. The Kier molecular flexibility index (Phi) is 4.95. The standard InChI is InChI=1S/C13H22N2OS/c1-3-5-13-15-11(9-17-13)8-14-10(2)12-6-4-7-16-12/h9-10,12,14H,3-8H2,1-2H3/t10-,12+/m1/s1. The van der Waals surface area contributed by atoms with E-state index in [-0.39, 0.29) is 0 Å². The summed E-state index contributed by atoms with van der Waals surface area (Å²) in [4.78, 5) is 4.61. The summed E-state index contributed by atoms with van der Waals surface area (Å²) in [6.07, 6.45) is 5.06. The predicted molar refractivity (Wildman–Crippen MR) is 71.4 cm³/mol. The van der Waals surface area contributed by atoms with Crippen LogP contribution in [0.15, 0.2) is 5.38 Å². The number of nitrogens with zero attached hydrogens (tertiary/aromatic N) is 1. The van der Waals surface area contributed by atoms with Crippen LogP contribution in [0.4, 0.5) is 0 Å². The number of rotatable bonds is 6. The maximum Gasteiger partial charge on any atom is 0.0928 e. The zero-order valence-corrected chi connectivity index (χ0v) is 11.6. The molecule has 1 fully saturated rings. The summed E-state index contributed by atoms with van der Waals surface area (Å²) in [5, 5.41) is 6.94. The van der Waals surface area contributed by atoms with E-state index in [1.807, 2.05) is 0 Å². The third-order valence-corrected chi connectivity index (χ3v) is 4.15. The summed E-state index contributed by atoms with van der Waals surface area (Å²) in [5.41, 5.74) is 1.17. The van der Waals surface area contributed by atoms with Crippen molar-refractivity contribution in [2.75, 3.05) is 6.61 Å². The summed E-state index contributed by atoms with van der Waals surface area (Å²) < 4.78 is 5.67. The number of aromatic nitrogens is 1. The van der Waals surface area contributed by atoms with Crippen molar-refractivity contribution >= 4 is 11.3 Å². The highest BCUT2D eigenvalue weighted by atomic mass is 32.1. The normalized spacial score (nSPS) is 21.9. The monoisotopic (exact) mass is 254 g/mol. The lowest BCUT2D eigenvalue weighted by atomic mass is 10.1. The zero-order valence-electron chi connectivity index (χ0n) is 10.7. The third kappa shape index (κ3) is 3.76. The van der Waals surface area contributed by atoms with E-state index in [1.165, 1.54) is 30.0 Å². The Balaban J connectivity index is 1.76. The Labute approximate surface area is 108 Å². The first-order valence-corrected chi connectivity index (χ1v) is 7.46. The molecule has 2 heterocycles. The van der Waals surface area contributed by atoms with Crippen LogP contribution in [-0.4, -0.2) is 23.7 Å². The van der Waals surface area contributed by atoms with Crippen LogP contribution >= 0.6 is 11.3 Å². The lowest BCUT2D eigenvalue weighted by molar-refractivity contribution is 0.0831. The third-order valence-electron chi connectivity index (χ3n) is 3.19. The van der Waals surface area contributed by atoms with Gasteiger partial charge in [-0.1, -0.05) is 6.92 Å². The quantitative estimate of drug-likeness (QED) is 0.847. The molecule has 1 aromatic rings. The van der Waals surface area contributed by atoms with E-state index in [9.17, 15) is 0 Å². The molecule has 1 saturated heterocycles. The Morgan fingerprint density at radius 1 is 1.65 bits per heavy atom. The molecule has 3 nitrogen and oxygen atoms in total. The SMILES string of the molecule is CCCc1nc(CN[C@H](C)[C@@H]2CCCO2)cs1. The topological polar surface area (TPSA) is 34.2 Å². The van der Waals surface area contributed by atoms with E-state index in [0.717, 1.165) is 19.6 Å². The maximum absolute atomic E-state index is 5.67. The average molecular weight is 254 g/mol. The molecule has 1 N–H and O–H groups in total. The number of aryl methyl sites for hydroxylation is 1. The maximum atomic E-state index is 5.67. The molecule has 0 bridgehead atoms. The first-order valence-electron chi connectivity index (χ1n) is 6.58. The highest BCUT2D eigenvalue weighted by Crippen LogP contribution is 2.16.